The highest BCUT2D eigenvalue weighted by Crippen LogP contribution is 2.37. The number of alkyl halides is 3. The molecule has 0 fully saturated rings. The summed E-state index contributed by atoms with van der Waals surface area (Å²) in [7, 11) is 1.50. The minimum absolute atomic E-state index is 0.0475. The van der Waals surface area contributed by atoms with Crippen molar-refractivity contribution in [3.8, 4) is 0 Å². The normalized spacial score (nSPS) is 13.2. The molecule has 1 aromatic carbocycles. The molecule has 1 atom stereocenters. The van der Waals surface area contributed by atoms with Crippen molar-refractivity contribution in [1.29, 1.82) is 0 Å². The number of halogens is 5. The van der Waals surface area contributed by atoms with E-state index in [1.165, 1.54) is 13.1 Å². The molecule has 0 saturated carbocycles. The minimum atomic E-state index is -4.51. The van der Waals surface area contributed by atoms with Gasteiger partial charge in [-0.05, 0) is 30.8 Å². The standard InChI is InChI=1S/C14H11ClF4N2/c1-20-13(9-3-2-8(16)6-12(9)15)10-7-21-5-4-11(10)14(17,18)19/h2-7,13,20H,1H3. The molecule has 2 nitrogen and oxygen atoms in total. The van der Waals surface area contributed by atoms with Gasteiger partial charge in [0.25, 0.3) is 0 Å². The molecule has 0 bridgehead atoms. The summed E-state index contributed by atoms with van der Waals surface area (Å²) in [5.41, 5.74) is -0.530. The lowest BCUT2D eigenvalue weighted by Gasteiger charge is -2.22. The lowest BCUT2D eigenvalue weighted by Crippen LogP contribution is -2.22. The van der Waals surface area contributed by atoms with E-state index in [-0.39, 0.29) is 10.6 Å². The largest absolute Gasteiger partial charge is 0.416 e. The first kappa shape index (κ1) is 15.7. The van der Waals surface area contributed by atoms with Gasteiger partial charge >= 0.3 is 6.18 Å². The van der Waals surface area contributed by atoms with Gasteiger partial charge in [0.15, 0.2) is 0 Å². The summed E-state index contributed by atoms with van der Waals surface area (Å²) in [5, 5.41) is 2.81. The molecule has 2 aromatic rings. The van der Waals surface area contributed by atoms with Crippen LogP contribution in [0.25, 0.3) is 0 Å². The first-order valence-electron chi connectivity index (χ1n) is 5.98. The van der Waals surface area contributed by atoms with Crippen LogP contribution in [0.15, 0.2) is 36.7 Å². The lowest BCUT2D eigenvalue weighted by atomic mass is 9.96. The summed E-state index contributed by atoms with van der Waals surface area (Å²) < 4.78 is 52.3. The molecule has 0 aliphatic heterocycles. The predicted octanol–water partition coefficient (Wildman–Crippen LogP) is 4.20. The molecule has 0 saturated heterocycles. The maximum atomic E-state index is 13.1. The van der Waals surface area contributed by atoms with Crippen LogP contribution in [0, 0.1) is 5.82 Å². The third-order valence-corrected chi connectivity index (χ3v) is 3.36. The summed E-state index contributed by atoms with van der Waals surface area (Å²) in [5.74, 6) is -0.555. The smallest absolute Gasteiger partial charge is 0.309 e. The first-order valence-corrected chi connectivity index (χ1v) is 6.35. The van der Waals surface area contributed by atoms with Gasteiger partial charge in [0, 0.05) is 23.0 Å². The molecule has 2 rings (SSSR count). The summed E-state index contributed by atoms with van der Waals surface area (Å²) in [6.07, 6.45) is -2.31. The maximum Gasteiger partial charge on any atom is 0.416 e. The number of nitrogens with one attached hydrogen (secondary N) is 1. The molecular formula is C14H11ClF4N2. The fourth-order valence-corrected chi connectivity index (χ4v) is 2.39. The average Bonchev–Trinajstić information content (AvgIpc) is 2.41. The van der Waals surface area contributed by atoms with Crippen molar-refractivity contribution >= 4 is 11.6 Å². The highest BCUT2D eigenvalue weighted by Gasteiger charge is 2.35. The number of benzene rings is 1. The Morgan fingerprint density at radius 3 is 2.48 bits per heavy atom. The predicted molar refractivity (Wildman–Crippen MR) is 71.6 cm³/mol. The number of pyridine rings is 1. The van der Waals surface area contributed by atoms with Crippen LogP contribution in [0.4, 0.5) is 17.6 Å². The second-order valence-corrected chi connectivity index (χ2v) is 4.76. The van der Waals surface area contributed by atoms with Gasteiger partial charge in [-0.25, -0.2) is 4.39 Å². The van der Waals surface area contributed by atoms with Gasteiger partial charge in [0.2, 0.25) is 0 Å². The quantitative estimate of drug-likeness (QED) is 0.858. The minimum Gasteiger partial charge on any atom is -0.309 e. The maximum absolute atomic E-state index is 13.1. The number of hydrogen-bond donors (Lipinski definition) is 1. The zero-order valence-electron chi connectivity index (χ0n) is 10.9. The summed E-state index contributed by atoms with van der Waals surface area (Å²) >= 11 is 5.94. The topological polar surface area (TPSA) is 24.9 Å². The summed E-state index contributed by atoms with van der Waals surface area (Å²) in [4.78, 5) is 3.74. The van der Waals surface area contributed by atoms with E-state index < -0.39 is 23.6 Å². The van der Waals surface area contributed by atoms with E-state index in [9.17, 15) is 17.6 Å². The molecule has 0 aliphatic carbocycles. The molecule has 1 heterocycles. The van der Waals surface area contributed by atoms with Crippen LogP contribution in [0.2, 0.25) is 5.02 Å². The molecule has 0 radical (unpaired) electrons. The SMILES string of the molecule is CNC(c1ccc(F)cc1Cl)c1cnccc1C(F)(F)F. The van der Waals surface area contributed by atoms with Crippen LogP contribution in [0.3, 0.4) is 0 Å². The zero-order valence-corrected chi connectivity index (χ0v) is 11.6. The van der Waals surface area contributed by atoms with Gasteiger partial charge in [-0.15, -0.1) is 0 Å². The molecule has 1 aromatic heterocycles. The van der Waals surface area contributed by atoms with Gasteiger partial charge < -0.3 is 5.32 Å². The van der Waals surface area contributed by atoms with Crippen molar-refractivity contribution in [1.82, 2.24) is 10.3 Å². The van der Waals surface area contributed by atoms with Gasteiger partial charge in [0.1, 0.15) is 5.82 Å². The van der Waals surface area contributed by atoms with E-state index in [4.69, 9.17) is 11.6 Å². The van der Waals surface area contributed by atoms with E-state index in [1.807, 2.05) is 0 Å². The molecule has 0 spiro atoms. The third kappa shape index (κ3) is 3.33. The Labute approximate surface area is 123 Å². The summed E-state index contributed by atoms with van der Waals surface area (Å²) in [6.45, 7) is 0. The second-order valence-electron chi connectivity index (χ2n) is 4.35. The van der Waals surface area contributed by atoms with Gasteiger partial charge in [-0.1, -0.05) is 17.7 Å². The van der Waals surface area contributed by atoms with E-state index in [2.05, 4.69) is 10.3 Å². The van der Waals surface area contributed by atoms with E-state index in [0.29, 0.717) is 5.56 Å². The number of hydrogen-bond acceptors (Lipinski definition) is 2. The zero-order chi connectivity index (χ0) is 15.6. The van der Waals surface area contributed by atoms with Crippen molar-refractivity contribution in [2.75, 3.05) is 7.05 Å². The molecule has 1 N–H and O–H groups in total. The highest BCUT2D eigenvalue weighted by molar-refractivity contribution is 6.31. The van der Waals surface area contributed by atoms with E-state index >= 15 is 0 Å². The van der Waals surface area contributed by atoms with Crippen LogP contribution in [0.1, 0.15) is 22.7 Å². The van der Waals surface area contributed by atoms with Crippen LogP contribution in [-0.4, -0.2) is 12.0 Å². The molecule has 112 valence electrons. The molecule has 1 unspecified atom stereocenters. The van der Waals surface area contributed by atoms with Gasteiger partial charge in [0.05, 0.1) is 11.6 Å². The summed E-state index contributed by atoms with van der Waals surface area (Å²) in [6, 6.07) is 3.62. The van der Waals surface area contributed by atoms with Crippen LogP contribution in [0.5, 0.6) is 0 Å². The van der Waals surface area contributed by atoms with Crippen molar-refractivity contribution in [3.63, 3.8) is 0 Å². The Bertz CT molecular complexity index is 643. The van der Waals surface area contributed by atoms with Crippen LogP contribution >= 0.6 is 11.6 Å². The molecule has 0 amide bonds. The Morgan fingerprint density at radius 1 is 1.19 bits per heavy atom. The Morgan fingerprint density at radius 2 is 1.90 bits per heavy atom. The molecule has 21 heavy (non-hydrogen) atoms. The highest BCUT2D eigenvalue weighted by atomic mass is 35.5. The van der Waals surface area contributed by atoms with Crippen LogP contribution in [-0.2, 0) is 6.18 Å². The van der Waals surface area contributed by atoms with E-state index in [0.717, 1.165) is 30.6 Å². The van der Waals surface area contributed by atoms with E-state index in [1.54, 1.807) is 0 Å². The number of rotatable bonds is 3. The average molecular weight is 319 g/mol. The van der Waals surface area contributed by atoms with Crippen molar-refractivity contribution < 1.29 is 17.6 Å². The van der Waals surface area contributed by atoms with Crippen molar-refractivity contribution in [3.05, 3.63) is 64.2 Å². The first-order chi connectivity index (χ1) is 9.84. The molecule has 7 heteroatoms. The fourth-order valence-electron chi connectivity index (χ4n) is 2.11. The monoisotopic (exact) mass is 318 g/mol. The van der Waals surface area contributed by atoms with Crippen LogP contribution < -0.4 is 5.32 Å². The Balaban J connectivity index is 2.57. The fraction of sp³-hybridized carbons (Fsp3) is 0.214. The Kier molecular flexibility index (Phi) is 4.49. The van der Waals surface area contributed by atoms with Crippen molar-refractivity contribution in [2.45, 2.75) is 12.2 Å². The second kappa shape index (κ2) is 5.99. The number of nitrogens with zero attached hydrogens (tertiary/aromatic N) is 1. The van der Waals surface area contributed by atoms with Crippen molar-refractivity contribution in [2.24, 2.45) is 0 Å². The molecule has 0 aliphatic rings. The Hall–Kier alpha value is -1.66. The lowest BCUT2D eigenvalue weighted by molar-refractivity contribution is -0.138. The third-order valence-electron chi connectivity index (χ3n) is 3.03. The number of aromatic nitrogens is 1. The molecular weight excluding hydrogens is 308 g/mol. The van der Waals surface area contributed by atoms with Gasteiger partial charge in [-0.2, -0.15) is 13.2 Å². The van der Waals surface area contributed by atoms with Gasteiger partial charge in [-0.3, -0.25) is 4.98 Å².